The maximum absolute atomic E-state index is 12.8. The summed E-state index contributed by atoms with van der Waals surface area (Å²) in [5.41, 5.74) is 1.96. The zero-order chi connectivity index (χ0) is 14.8. The van der Waals surface area contributed by atoms with Crippen molar-refractivity contribution in [2.45, 2.75) is 31.7 Å². The van der Waals surface area contributed by atoms with Gasteiger partial charge in [0, 0.05) is 16.8 Å². The Morgan fingerprint density at radius 2 is 2.19 bits per heavy atom. The van der Waals surface area contributed by atoms with Crippen LogP contribution in [0.3, 0.4) is 0 Å². The van der Waals surface area contributed by atoms with Crippen LogP contribution in [0.2, 0.25) is 0 Å². The van der Waals surface area contributed by atoms with E-state index in [2.05, 4.69) is 0 Å². The van der Waals surface area contributed by atoms with Crippen LogP contribution < -0.4 is 0 Å². The number of fused-ring (bicyclic) bond motifs is 1. The molecule has 2 heterocycles. The monoisotopic (exact) mass is 309 g/mol. The molecule has 2 aliphatic rings. The second-order valence-corrected chi connectivity index (χ2v) is 6.33. The first-order valence-corrected chi connectivity index (χ1v) is 8.16. The van der Waals surface area contributed by atoms with Gasteiger partial charge in [-0.15, -0.1) is 11.3 Å². The molecule has 1 aromatic rings. The van der Waals surface area contributed by atoms with Gasteiger partial charge >= 0.3 is 5.97 Å². The van der Waals surface area contributed by atoms with Crippen molar-refractivity contribution in [3.63, 3.8) is 0 Å². The van der Waals surface area contributed by atoms with Crippen molar-refractivity contribution < 1.29 is 19.1 Å². The molecule has 21 heavy (non-hydrogen) atoms. The highest BCUT2D eigenvalue weighted by Crippen LogP contribution is 2.31. The summed E-state index contributed by atoms with van der Waals surface area (Å²) < 4.78 is 10.1. The summed E-state index contributed by atoms with van der Waals surface area (Å²) in [5.74, 6) is -0.472. The molecule has 1 fully saturated rings. The van der Waals surface area contributed by atoms with E-state index in [0.29, 0.717) is 13.2 Å². The molecule has 1 aliphatic heterocycles. The summed E-state index contributed by atoms with van der Waals surface area (Å²) in [4.78, 5) is 27.6. The van der Waals surface area contributed by atoms with Gasteiger partial charge in [0.1, 0.15) is 0 Å². The van der Waals surface area contributed by atoms with Crippen molar-refractivity contribution in [2.24, 2.45) is 0 Å². The number of rotatable bonds is 2. The Morgan fingerprint density at radius 1 is 1.38 bits per heavy atom. The Balaban J connectivity index is 1.86. The molecular formula is C15H19NO4S. The third-order valence-corrected chi connectivity index (χ3v) is 5.24. The molecule has 5 nitrogen and oxygen atoms in total. The summed E-state index contributed by atoms with van der Waals surface area (Å²) in [6.07, 6.45) is 4.36. The number of hydrogen-bond acceptors (Lipinski definition) is 5. The van der Waals surface area contributed by atoms with Crippen LogP contribution in [0.1, 0.15) is 33.6 Å². The van der Waals surface area contributed by atoms with Gasteiger partial charge in [-0.3, -0.25) is 4.79 Å². The van der Waals surface area contributed by atoms with E-state index >= 15 is 0 Å². The molecule has 0 bridgehead atoms. The van der Waals surface area contributed by atoms with Crippen LogP contribution in [-0.4, -0.2) is 49.7 Å². The number of aryl methyl sites for hydroxylation is 1. The van der Waals surface area contributed by atoms with Crippen LogP contribution in [0.4, 0.5) is 0 Å². The average Bonchev–Trinajstić information content (AvgIpc) is 2.97. The lowest BCUT2D eigenvalue weighted by molar-refractivity contribution is -0.151. The second-order valence-electron chi connectivity index (χ2n) is 5.37. The largest absolute Gasteiger partial charge is 0.467 e. The Kier molecular flexibility index (Phi) is 4.26. The molecule has 1 amide bonds. The number of nitrogens with zero attached hydrogens (tertiary/aromatic N) is 1. The molecule has 0 N–H and O–H groups in total. The summed E-state index contributed by atoms with van der Waals surface area (Å²) >= 11 is 1.66. The highest BCUT2D eigenvalue weighted by molar-refractivity contribution is 7.10. The van der Waals surface area contributed by atoms with Gasteiger partial charge in [-0.1, -0.05) is 0 Å². The van der Waals surface area contributed by atoms with E-state index in [0.717, 1.165) is 24.8 Å². The standard InChI is InChI=1S/C15H19NO4S/c1-19-15(18)12-8-20-7-6-16(12)14(17)11-9-21-13-5-3-2-4-10(11)13/h9,12H,2-8H2,1H3. The summed E-state index contributed by atoms with van der Waals surface area (Å²) in [5, 5.41) is 1.95. The molecule has 114 valence electrons. The van der Waals surface area contributed by atoms with Crippen LogP contribution in [0.5, 0.6) is 0 Å². The van der Waals surface area contributed by atoms with E-state index in [1.165, 1.54) is 24.0 Å². The Bertz CT molecular complexity index is 554. The van der Waals surface area contributed by atoms with Gasteiger partial charge in [0.2, 0.25) is 0 Å². The number of hydrogen-bond donors (Lipinski definition) is 0. The number of amides is 1. The maximum atomic E-state index is 12.8. The number of esters is 1. The molecule has 1 unspecified atom stereocenters. The van der Waals surface area contributed by atoms with Crippen LogP contribution in [0, 0.1) is 0 Å². The third-order valence-electron chi connectivity index (χ3n) is 4.15. The highest BCUT2D eigenvalue weighted by Gasteiger charge is 2.35. The van der Waals surface area contributed by atoms with Gasteiger partial charge in [0.15, 0.2) is 6.04 Å². The van der Waals surface area contributed by atoms with E-state index in [-0.39, 0.29) is 12.5 Å². The van der Waals surface area contributed by atoms with Crippen molar-refractivity contribution in [1.82, 2.24) is 4.90 Å². The van der Waals surface area contributed by atoms with Crippen LogP contribution in [-0.2, 0) is 27.1 Å². The van der Waals surface area contributed by atoms with Gasteiger partial charge < -0.3 is 14.4 Å². The fourth-order valence-corrected chi connectivity index (χ4v) is 4.13. The van der Waals surface area contributed by atoms with Gasteiger partial charge in [0.05, 0.1) is 25.9 Å². The lowest BCUT2D eigenvalue weighted by Gasteiger charge is -2.33. The molecule has 1 saturated heterocycles. The van der Waals surface area contributed by atoms with E-state index in [1.807, 2.05) is 5.38 Å². The van der Waals surface area contributed by atoms with Gasteiger partial charge in [-0.25, -0.2) is 4.79 Å². The molecule has 0 aromatic carbocycles. The summed E-state index contributed by atoms with van der Waals surface area (Å²) in [6, 6.07) is -0.629. The van der Waals surface area contributed by atoms with E-state index in [1.54, 1.807) is 16.2 Å². The van der Waals surface area contributed by atoms with Crippen LogP contribution >= 0.6 is 11.3 Å². The number of carbonyl (C=O) groups excluding carboxylic acids is 2. The lowest BCUT2D eigenvalue weighted by atomic mass is 9.95. The van der Waals surface area contributed by atoms with Gasteiger partial charge in [0.25, 0.3) is 5.91 Å². The van der Waals surface area contributed by atoms with Crippen molar-refractivity contribution >= 4 is 23.2 Å². The fourth-order valence-electron chi connectivity index (χ4n) is 3.01. The molecule has 1 aromatic heterocycles. The van der Waals surface area contributed by atoms with Crippen molar-refractivity contribution in [3.8, 4) is 0 Å². The summed E-state index contributed by atoms with van der Waals surface area (Å²) in [6.45, 7) is 1.11. The average molecular weight is 309 g/mol. The summed E-state index contributed by atoms with van der Waals surface area (Å²) in [7, 11) is 1.34. The minimum Gasteiger partial charge on any atom is -0.467 e. The van der Waals surface area contributed by atoms with Crippen LogP contribution in [0.25, 0.3) is 0 Å². The predicted molar refractivity (Wildman–Crippen MR) is 78.6 cm³/mol. The molecule has 1 atom stereocenters. The zero-order valence-corrected chi connectivity index (χ0v) is 12.9. The molecular weight excluding hydrogens is 290 g/mol. The number of morpholine rings is 1. The zero-order valence-electron chi connectivity index (χ0n) is 12.1. The number of methoxy groups -OCH3 is 1. The predicted octanol–water partition coefficient (Wildman–Crippen LogP) is 1.64. The smallest absolute Gasteiger partial charge is 0.331 e. The lowest BCUT2D eigenvalue weighted by Crippen LogP contribution is -2.53. The maximum Gasteiger partial charge on any atom is 0.331 e. The number of carbonyl (C=O) groups is 2. The Hall–Kier alpha value is -1.40. The SMILES string of the molecule is COC(=O)C1COCCN1C(=O)c1csc2c1CCCC2. The van der Waals surface area contributed by atoms with Crippen molar-refractivity contribution in [2.75, 3.05) is 26.9 Å². The topological polar surface area (TPSA) is 55.8 Å². The second kappa shape index (κ2) is 6.15. The molecule has 6 heteroatoms. The first-order chi connectivity index (χ1) is 10.2. The van der Waals surface area contributed by atoms with Crippen LogP contribution in [0.15, 0.2) is 5.38 Å². The van der Waals surface area contributed by atoms with E-state index < -0.39 is 12.0 Å². The van der Waals surface area contributed by atoms with Crippen molar-refractivity contribution in [3.05, 3.63) is 21.4 Å². The molecule has 1 aliphatic carbocycles. The molecule has 0 saturated carbocycles. The van der Waals surface area contributed by atoms with E-state index in [9.17, 15) is 9.59 Å². The highest BCUT2D eigenvalue weighted by atomic mass is 32.1. The number of ether oxygens (including phenoxy) is 2. The van der Waals surface area contributed by atoms with Gasteiger partial charge in [-0.05, 0) is 31.2 Å². The first-order valence-electron chi connectivity index (χ1n) is 7.28. The minimum absolute atomic E-state index is 0.0619. The molecule has 3 rings (SSSR count). The Morgan fingerprint density at radius 3 is 3.00 bits per heavy atom. The fraction of sp³-hybridized carbons (Fsp3) is 0.600. The third kappa shape index (κ3) is 2.70. The van der Waals surface area contributed by atoms with Crippen molar-refractivity contribution in [1.29, 1.82) is 0 Å². The first kappa shape index (κ1) is 14.5. The molecule has 0 spiro atoms. The minimum atomic E-state index is -0.629. The molecule has 0 radical (unpaired) electrons. The van der Waals surface area contributed by atoms with E-state index in [4.69, 9.17) is 9.47 Å². The van der Waals surface area contributed by atoms with Gasteiger partial charge in [-0.2, -0.15) is 0 Å². The Labute approximate surface area is 127 Å². The number of thiophene rings is 1. The quantitative estimate of drug-likeness (QED) is 0.779. The normalized spacial score (nSPS) is 21.8.